The highest BCUT2D eigenvalue weighted by Crippen LogP contribution is 2.18. The van der Waals surface area contributed by atoms with Crippen LogP contribution in [0.25, 0.3) is 0 Å². The average molecular weight is 257 g/mol. The molecule has 0 spiro atoms. The van der Waals surface area contributed by atoms with Crippen molar-refractivity contribution in [2.75, 3.05) is 19.6 Å². The summed E-state index contributed by atoms with van der Waals surface area (Å²) in [5.41, 5.74) is 0.0475. The minimum absolute atomic E-state index is 0.0475. The highest BCUT2D eigenvalue weighted by molar-refractivity contribution is 6.31. The van der Waals surface area contributed by atoms with E-state index in [0.717, 1.165) is 13.1 Å². The van der Waals surface area contributed by atoms with Gasteiger partial charge >= 0.3 is 0 Å². The third-order valence-electron chi connectivity index (χ3n) is 2.92. The van der Waals surface area contributed by atoms with E-state index in [9.17, 15) is 9.18 Å². The number of halogens is 2. The van der Waals surface area contributed by atoms with Gasteiger partial charge in [0, 0.05) is 30.7 Å². The monoisotopic (exact) mass is 256 g/mol. The van der Waals surface area contributed by atoms with Gasteiger partial charge in [-0.1, -0.05) is 11.6 Å². The van der Waals surface area contributed by atoms with Crippen LogP contribution < -0.4 is 5.32 Å². The molecule has 1 unspecified atom stereocenters. The van der Waals surface area contributed by atoms with Crippen LogP contribution in [0.3, 0.4) is 0 Å². The molecule has 0 radical (unpaired) electrons. The van der Waals surface area contributed by atoms with E-state index in [2.05, 4.69) is 5.32 Å². The van der Waals surface area contributed by atoms with Crippen LogP contribution in [0.5, 0.6) is 0 Å². The second kappa shape index (κ2) is 5.02. The minimum atomic E-state index is -0.523. The highest BCUT2D eigenvalue weighted by atomic mass is 35.5. The zero-order chi connectivity index (χ0) is 12.4. The molecule has 0 saturated carbocycles. The van der Waals surface area contributed by atoms with Gasteiger partial charge in [0.15, 0.2) is 0 Å². The van der Waals surface area contributed by atoms with Crippen LogP contribution in [0.4, 0.5) is 4.39 Å². The number of carbonyl (C=O) groups is 1. The van der Waals surface area contributed by atoms with Gasteiger partial charge in [0.1, 0.15) is 5.82 Å². The Bertz CT molecular complexity index is 439. The van der Waals surface area contributed by atoms with Crippen LogP contribution in [0, 0.1) is 5.82 Å². The lowest BCUT2D eigenvalue weighted by Gasteiger charge is -2.34. The maximum Gasteiger partial charge on any atom is 0.257 e. The van der Waals surface area contributed by atoms with Gasteiger partial charge in [-0.25, -0.2) is 4.39 Å². The maximum absolute atomic E-state index is 13.6. The van der Waals surface area contributed by atoms with E-state index in [1.807, 2.05) is 6.92 Å². The summed E-state index contributed by atoms with van der Waals surface area (Å²) in [6.07, 6.45) is 0. The summed E-state index contributed by atoms with van der Waals surface area (Å²) in [6, 6.07) is 4.11. The van der Waals surface area contributed by atoms with E-state index in [1.165, 1.54) is 18.2 Å². The Balaban J connectivity index is 2.26. The van der Waals surface area contributed by atoms with Gasteiger partial charge in [-0.05, 0) is 25.1 Å². The van der Waals surface area contributed by atoms with Gasteiger partial charge in [-0.3, -0.25) is 4.79 Å². The fourth-order valence-corrected chi connectivity index (χ4v) is 2.13. The van der Waals surface area contributed by atoms with Crippen molar-refractivity contribution in [3.63, 3.8) is 0 Å². The lowest BCUT2D eigenvalue weighted by Crippen LogP contribution is -2.52. The number of nitrogens with zero attached hydrogens (tertiary/aromatic N) is 1. The number of rotatable bonds is 1. The Labute approximate surface area is 105 Å². The second-order valence-corrected chi connectivity index (χ2v) is 4.61. The molecule has 0 aliphatic carbocycles. The molecule has 1 N–H and O–H groups in total. The number of hydrogen-bond donors (Lipinski definition) is 1. The molecule has 1 amide bonds. The van der Waals surface area contributed by atoms with Crippen LogP contribution in [0.2, 0.25) is 5.02 Å². The molecule has 3 nitrogen and oxygen atoms in total. The van der Waals surface area contributed by atoms with Gasteiger partial charge in [-0.15, -0.1) is 0 Å². The first kappa shape index (κ1) is 12.3. The summed E-state index contributed by atoms with van der Waals surface area (Å²) >= 11 is 5.79. The number of nitrogens with one attached hydrogen (secondary N) is 1. The number of carbonyl (C=O) groups excluding carboxylic acids is 1. The van der Waals surface area contributed by atoms with Gasteiger partial charge in [0.05, 0.1) is 5.56 Å². The molecule has 1 aliphatic heterocycles. The van der Waals surface area contributed by atoms with Crippen LogP contribution in [-0.2, 0) is 0 Å². The normalized spacial score (nSPS) is 20.4. The Kier molecular flexibility index (Phi) is 3.64. The summed E-state index contributed by atoms with van der Waals surface area (Å²) < 4.78 is 13.6. The van der Waals surface area contributed by atoms with Crippen LogP contribution >= 0.6 is 11.6 Å². The fraction of sp³-hybridized carbons (Fsp3) is 0.417. The molecule has 1 atom stereocenters. The number of amides is 1. The smallest absolute Gasteiger partial charge is 0.257 e. The summed E-state index contributed by atoms with van der Waals surface area (Å²) in [5.74, 6) is -0.816. The van der Waals surface area contributed by atoms with E-state index < -0.39 is 5.82 Å². The van der Waals surface area contributed by atoms with E-state index in [1.54, 1.807) is 4.90 Å². The van der Waals surface area contributed by atoms with E-state index in [-0.39, 0.29) is 17.5 Å². The van der Waals surface area contributed by atoms with Crippen LogP contribution in [0.1, 0.15) is 17.3 Å². The molecule has 1 fully saturated rings. The molecular formula is C12H14ClFN2O. The number of piperazine rings is 1. The fourth-order valence-electron chi connectivity index (χ4n) is 1.96. The molecule has 17 heavy (non-hydrogen) atoms. The first-order valence-corrected chi connectivity index (χ1v) is 5.94. The molecule has 1 aliphatic rings. The van der Waals surface area contributed by atoms with Gasteiger partial charge in [0.25, 0.3) is 5.91 Å². The third kappa shape index (κ3) is 2.58. The summed E-state index contributed by atoms with van der Waals surface area (Å²) in [4.78, 5) is 13.9. The van der Waals surface area contributed by atoms with Crippen LogP contribution in [-0.4, -0.2) is 36.5 Å². The molecule has 92 valence electrons. The molecule has 0 aromatic heterocycles. The topological polar surface area (TPSA) is 32.3 Å². The standard InChI is InChI=1S/C12H14ClFN2O/c1-8-7-15-4-5-16(8)12(17)10-6-9(13)2-3-11(10)14/h2-3,6,8,15H,4-5,7H2,1H3. The van der Waals surface area contributed by atoms with E-state index in [4.69, 9.17) is 11.6 Å². The molecule has 1 saturated heterocycles. The van der Waals surface area contributed by atoms with Crippen molar-refractivity contribution in [1.29, 1.82) is 0 Å². The molecule has 5 heteroatoms. The first-order valence-electron chi connectivity index (χ1n) is 5.56. The van der Waals surface area contributed by atoms with Crippen molar-refractivity contribution in [2.24, 2.45) is 0 Å². The second-order valence-electron chi connectivity index (χ2n) is 4.18. The molecular weight excluding hydrogens is 243 g/mol. The van der Waals surface area contributed by atoms with Crippen molar-refractivity contribution >= 4 is 17.5 Å². The Morgan fingerprint density at radius 2 is 2.35 bits per heavy atom. The van der Waals surface area contributed by atoms with Gasteiger partial charge < -0.3 is 10.2 Å². The lowest BCUT2D eigenvalue weighted by atomic mass is 10.1. The molecule has 2 rings (SSSR count). The number of hydrogen-bond acceptors (Lipinski definition) is 2. The van der Waals surface area contributed by atoms with Crippen molar-refractivity contribution in [3.8, 4) is 0 Å². The molecule has 0 bridgehead atoms. The summed E-state index contributed by atoms with van der Waals surface area (Å²) in [6.45, 7) is 3.99. The van der Waals surface area contributed by atoms with Crippen molar-refractivity contribution in [2.45, 2.75) is 13.0 Å². The summed E-state index contributed by atoms with van der Waals surface area (Å²) in [5, 5.41) is 3.56. The third-order valence-corrected chi connectivity index (χ3v) is 3.16. The highest BCUT2D eigenvalue weighted by Gasteiger charge is 2.25. The predicted octanol–water partition coefficient (Wildman–Crippen LogP) is 1.91. The maximum atomic E-state index is 13.6. The Hall–Kier alpha value is -1.13. The predicted molar refractivity (Wildman–Crippen MR) is 64.8 cm³/mol. The van der Waals surface area contributed by atoms with Crippen LogP contribution in [0.15, 0.2) is 18.2 Å². The Morgan fingerprint density at radius 3 is 3.06 bits per heavy atom. The van der Waals surface area contributed by atoms with Gasteiger partial charge in [-0.2, -0.15) is 0 Å². The average Bonchev–Trinajstić information content (AvgIpc) is 2.32. The van der Waals surface area contributed by atoms with Crippen molar-refractivity contribution < 1.29 is 9.18 Å². The molecule has 1 aromatic rings. The SMILES string of the molecule is CC1CNCCN1C(=O)c1cc(Cl)ccc1F. The summed E-state index contributed by atoms with van der Waals surface area (Å²) in [7, 11) is 0. The zero-order valence-corrected chi connectivity index (χ0v) is 10.3. The van der Waals surface area contributed by atoms with Crippen molar-refractivity contribution in [1.82, 2.24) is 10.2 Å². The number of benzene rings is 1. The minimum Gasteiger partial charge on any atom is -0.333 e. The van der Waals surface area contributed by atoms with Crippen molar-refractivity contribution in [3.05, 3.63) is 34.6 Å². The van der Waals surface area contributed by atoms with Gasteiger partial charge in [0.2, 0.25) is 0 Å². The largest absolute Gasteiger partial charge is 0.333 e. The van der Waals surface area contributed by atoms with E-state index >= 15 is 0 Å². The first-order chi connectivity index (χ1) is 8.09. The molecule has 1 heterocycles. The quantitative estimate of drug-likeness (QED) is 0.833. The lowest BCUT2D eigenvalue weighted by molar-refractivity contribution is 0.0651. The zero-order valence-electron chi connectivity index (χ0n) is 9.54. The van der Waals surface area contributed by atoms with E-state index in [0.29, 0.717) is 11.6 Å². The molecule has 1 aromatic carbocycles. The Morgan fingerprint density at radius 1 is 1.59 bits per heavy atom.